The SMILES string of the molecule is CCN(C#N)C(=O)C(Cc1csc2ccccc12)NC(=O)Nc1c(C)cccc1C. The number of para-hydroxylation sites is 1. The summed E-state index contributed by atoms with van der Waals surface area (Å²) in [5.41, 5.74) is 3.55. The van der Waals surface area contributed by atoms with E-state index < -0.39 is 18.0 Å². The summed E-state index contributed by atoms with van der Waals surface area (Å²) in [5, 5.41) is 18.0. The second-order valence-electron chi connectivity index (χ2n) is 7.06. The first-order valence-electron chi connectivity index (χ1n) is 9.74. The summed E-state index contributed by atoms with van der Waals surface area (Å²) in [4.78, 5) is 26.8. The Morgan fingerprint density at radius 3 is 2.50 bits per heavy atom. The molecule has 1 atom stereocenters. The fourth-order valence-electron chi connectivity index (χ4n) is 3.39. The van der Waals surface area contributed by atoms with Crippen LogP contribution in [0.25, 0.3) is 10.1 Å². The molecule has 154 valence electrons. The summed E-state index contributed by atoms with van der Waals surface area (Å²) in [6, 6.07) is 12.4. The zero-order valence-corrected chi connectivity index (χ0v) is 18.0. The Kier molecular flexibility index (Phi) is 6.70. The molecule has 0 bridgehead atoms. The normalized spacial score (nSPS) is 11.5. The standard InChI is InChI=1S/C23H24N4O2S/c1-4-27(14-24)22(28)19(12-17-13-30-20-11-6-5-10-18(17)20)25-23(29)26-21-15(2)8-7-9-16(21)3/h5-11,13,19H,4,12H2,1-3H3,(H2,25,26,29). The molecule has 3 rings (SSSR count). The Morgan fingerprint density at radius 2 is 1.83 bits per heavy atom. The van der Waals surface area contributed by atoms with E-state index in [1.54, 1.807) is 18.3 Å². The molecule has 2 aromatic carbocycles. The molecule has 0 aliphatic heterocycles. The molecule has 1 heterocycles. The number of nitrogens with one attached hydrogen (secondary N) is 2. The lowest BCUT2D eigenvalue weighted by Crippen LogP contribution is -2.49. The van der Waals surface area contributed by atoms with E-state index in [2.05, 4.69) is 10.6 Å². The minimum atomic E-state index is -0.855. The molecule has 30 heavy (non-hydrogen) atoms. The van der Waals surface area contributed by atoms with Crippen LogP contribution in [0.1, 0.15) is 23.6 Å². The number of anilines is 1. The predicted molar refractivity (Wildman–Crippen MR) is 120 cm³/mol. The molecule has 0 saturated carbocycles. The molecule has 0 spiro atoms. The van der Waals surface area contributed by atoms with E-state index in [0.717, 1.165) is 37.4 Å². The Bertz CT molecular complexity index is 1100. The first-order valence-corrected chi connectivity index (χ1v) is 10.6. The molecule has 0 aliphatic carbocycles. The number of nitrogens with zero attached hydrogens (tertiary/aromatic N) is 2. The van der Waals surface area contributed by atoms with Gasteiger partial charge in [-0.1, -0.05) is 36.4 Å². The van der Waals surface area contributed by atoms with Crippen molar-refractivity contribution in [2.24, 2.45) is 0 Å². The van der Waals surface area contributed by atoms with Crippen molar-refractivity contribution in [3.8, 4) is 6.19 Å². The number of urea groups is 1. The van der Waals surface area contributed by atoms with E-state index in [1.807, 2.05) is 67.9 Å². The summed E-state index contributed by atoms with van der Waals surface area (Å²) in [7, 11) is 0. The van der Waals surface area contributed by atoms with Gasteiger partial charge in [0.15, 0.2) is 6.19 Å². The van der Waals surface area contributed by atoms with Gasteiger partial charge in [-0.2, -0.15) is 5.26 Å². The molecular formula is C23H24N4O2S. The maximum atomic E-state index is 13.0. The van der Waals surface area contributed by atoms with E-state index in [9.17, 15) is 14.9 Å². The minimum absolute atomic E-state index is 0.246. The van der Waals surface area contributed by atoms with E-state index in [-0.39, 0.29) is 6.54 Å². The van der Waals surface area contributed by atoms with Gasteiger partial charge in [0.05, 0.1) is 0 Å². The van der Waals surface area contributed by atoms with E-state index in [1.165, 1.54) is 0 Å². The molecule has 6 nitrogen and oxygen atoms in total. The molecule has 0 radical (unpaired) electrons. The van der Waals surface area contributed by atoms with Crippen molar-refractivity contribution in [3.05, 3.63) is 64.5 Å². The second kappa shape index (κ2) is 9.42. The Labute approximate surface area is 180 Å². The highest BCUT2D eigenvalue weighted by atomic mass is 32.1. The predicted octanol–water partition coefficient (Wildman–Crippen LogP) is 4.58. The zero-order valence-electron chi connectivity index (χ0n) is 17.2. The summed E-state index contributed by atoms with van der Waals surface area (Å²) >= 11 is 1.59. The van der Waals surface area contributed by atoms with Gasteiger partial charge in [-0.3, -0.25) is 4.79 Å². The number of fused-ring (bicyclic) bond motifs is 1. The van der Waals surface area contributed by atoms with E-state index in [4.69, 9.17) is 0 Å². The van der Waals surface area contributed by atoms with Gasteiger partial charge in [0.1, 0.15) is 6.04 Å². The van der Waals surface area contributed by atoms with Crippen LogP contribution in [0.4, 0.5) is 10.5 Å². The average molecular weight is 421 g/mol. The summed E-state index contributed by atoms with van der Waals surface area (Å²) in [6.07, 6.45) is 2.21. The van der Waals surface area contributed by atoms with Gasteiger partial charge in [-0.25, -0.2) is 9.69 Å². The van der Waals surface area contributed by atoms with Crippen LogP contribution in [0.15, 0.2) is 47.8 Å². The van der Waals surface area contributed by atoms with Crippen LogP contribution in [0.5, 0.6) is 0 Å². The van der Waals surface area contributed by atoms with Crippen molar-refractivity contribution in [3.63, 3.8) is 0 Å². The largest absolute Gasteiger partial charge is 0.326 e. The minimum Gasteiger partial charge on any atom is -0.326 e. The summed E-state index contributed by atoms with van der Waals surface area (Å²) in [6.45, 7) is 5.81. The number of carbonyl (C=O) groups excluding carboxylic acids is 2. The van der Waals surface area contributed by atoms with Crippen LogP contribution >= 0.6 is 11.3 Å². The fourth-order valence-corrected chi connectivity index (χ4v) is 4.37. The van der Waals surface area contributed by atoms with Crippen molar-refractivity contribution < 1.29 is 9.59 Å². The Hall–Kier alpha value is -3.37. The molecule has 0 saturated heterocycles. The van der Waals surface area contributed by atoms with Gasteiger partial charge in [0, 0.05) is 23.4 Å². The number of nitriles is 1. The summed E-state index contributed by atoms with van der Waals surface area (Å²) < 4.78 is 1.12. The van der Waals surface area contributed by atoms with Gasteiger partial charge < -0.3 is 10.6 Å². The van der Waals surface area contributed by atoms with Gasteiger partial charge in [0.25, 0.3) is 5.91 Å². The van der Waals surface area contributed by atoms with Crippen LogP contribution in [0.2, 0.25) is 0 Å². The highest BCUT2D eigenvalue weighted by Crippen LogP contribution is 2.27. The molecule has 1 aromatic heterocycles. The van der Waals surface area contributed by atoms with Crippen LogP contribution in [0.3, 0.4) is 0 Å². The molecule has 3 amide bonds. The zero-order chi connectivity index (χ0) is 21.7. The topological polar surface area (TPSA) is 85.2 Å². The number of rotatable bonds is 6. The number of hydrogen-bond acceptors (Lipinski definition) is 4. The van der Waals surface area contributed by atoms with E-state index >= 15 is 0 Å². The molecular weight excluding hydrogens is 396 g/mol. The van der Waals surface area contributed by atoms with Gasteiger partial charge in [-0.15, -0.1) is 11.3 Å². The molecule has 3 aromatic rings. The highest BCUT2D eigenvalue weighted by Gasteiger charge is 2.27. The van der Waals surface area contributed by atoms with Crippen molar-refractivity contribution in [2.45, 2.75) is 33.2 Å². The Balaban J connectivity index is 1.85. The third-order valence-corrected chi connectivity index (χ3v) is 6.02. The monoisotopic (exact) mass is 420 g/mol. The lowest BCUT2D eigenvalue weighted by molar-refractivity contribution is -0.129. The summed E-state index contributed by atoms with van der Waals surface area (Å²) in [5.74, 6) is -0.424. The Morgan fingerprint density at radius 1 is 1.13 bits per heavy atom. The van der Waals surface area contributed by atoms with Crippen molar-refractivity contribution in [1.82, 2.24) is 10.2 Å². The third-order valence-electron chi connectivity index (χ3n) is 5.01. The number of thiophene rings is 1. The van der Waals surface area contributed by atoms with Crippen molar-refractivity contribution in [1.29, 1.82) is 5.26 Å². The van der Waals surface area contributed by atoms with E-state index in [0.29, 0.717) is 6.42 Å². The van der Waals surface area contributed by atoms with Gasteiger partial charge in [0.2, 0.25) is 0 Å². The van der Waals surface area contributed by atoms with Crippen LogP contribution in [-0.4, -0.2) is 29.4 Å². The second-order valence-corrected chi connectivity index (χ2v) is 7.97. The quantitative estimate of drug-likeness (QED) is 0.452. The molecule has 0 fully saturated rings. The number of hydrogen-bond donors (Lipinski definition) is 2. The lowest BCUT2D eigenvalue weighted by atomic mass is 10.0. The first-order chi connectivity index (χ1) is 14.4. The average Bonchev–Trinajstić information content (AvgIpc) is 3.14. The highest BCUT2D eigenvalue weighted by molar-refractivity contribution is 7.17. The van der Waals surface area contributed by atoms with Gasteiger partial charge >= 0.3 is 6.03 Å². The third kappa shape index (κ3) is 4.61. The number of carbonyl (C=O) groups is 2. The van der Waals surface area contributed by atoms with Crippen molar-refractivity contribution in [2.75, 3.05) is 11.9 Å². The molecule has 7 heteroatoms. The maximum absolute atomic E-state index is 13.0. The van der Waals surface area contributed by atoms with Crippen LogP contribution < -0.4 is 10.6 Å². The first kappa shape index (κ1) is 21.3. The smallest absolute Gasteiger partial charge is 0.319 e. The number of amides is 3. The number of likely N-dealkylation sites (N-methyl/N-ethyl adjacent to an activating group) is 1. The molecule has 2 N–H and O–H groups in total. The van der Waals surface area contributed by atoms with Crippen LogP contribution in [0, 0.1) is 25.3 Å². The van der Waals surface area contributed by atoms with Crippen LogP contribution in [-0.2, 0) is 11.2 Å². The van der Waals surface area contributed by atoms with Gasteiger partial charge in [-0.05, 0) is 54.3 Å². The maximum Gasteiger partial charge on any atom is 0.319 e. The number of aryl methyl sites for hydroxylation is 2. The fraction of sp³-hybridized carbons (Fsp3) is 0.261. The number of benzene rings is 2. The molecule has 0 aliphatic rings. The lowest BCUT2D eigenvalue weighted by Gasteiger charge is -2.22. The van der Waals surface area contributed by atoms with Crippen molar-refractivity contribution >= 4 is 39.0 Å². The molecule has 1 unspecified atom stereocenters.